The van der Waals surface area contributed by atoms with Gasteiger partial charge < -0.3 is 14.5 Å². The summed E-state index contributed by atoms with van der Waals surface area (Å²) in [6, 6.07) is 14.9. The van der Waals surface area contributed by atoms with Crippen molar-refractivity contribution in [3.63, 3.8) is 0 Å². The Morgan fingerprint density at radius 3 is 2.67 bits per heavy atom. The highest BCUT2D eigenvalue weighted by atomic mass is 16.5. The maximum atomic E-state index is 11.9. The van der Waals surface area contributed by atoms with Crippen LogP contribution in [0.2, 0.25) is 0 Å². The molecule has 3 rings (SSSR count). The van der Waals surface area contributed by atoms with E-state index in [0.29, 0.717) is 29.0 Å². The summed E-state index contributed by atoms with van der Waals surface area (Å²) in [6.07, 6.45) is 1.62. The molecule has 0 amide bonds. The summed E-state index contributed by atoms with van der Waals surface area (Å²) < 4.78 is 11.1. The van der Waals surface area contributed by atoms with E-state index < -0.39 is 0 Å². The van der Waals surface area contributed by atoms with E-state index in [4.69, 9.17) is 9.47 Å². The Bertz CT molecular complexity index is 809. The van der Waals surface area contributed by atoms with Crippen LogP contribution in [0.1, 0.15) is 5.56 Å². The molecule has 2 aromatic carbocycles. The van der Waals surface area contributed by atoms with E-state index in [0.717, 1.165) is 5.56 Å². The van der Waals surface area contributed by atoms with E-state index in [1.807, 2.05) is 36.4 Å². The average Bonchev–Trinajstić information content (AvgIpc) is 2.53. The SMILES string of the molecule is COc1cc(OCc2ccccc2)cc2[nH]ccc(=O)c12. The zero-order chi connectivity index (χ0) is 14.7. The molecule has 0 spiro atoms. The van der Waals surface area contributed by atoms with Gasteiger partial charge in [-0.25, -0.2) is 0 Å². The summed E-state index contributed by atoms with van der Waals surface area (Å²) in [5.41, 5.74) is 1.71. The number of fused-ring (bicyclic) bond motifs is 1. The lowest BCUT2D eigenvalue weighted by Crippen LogP contribution is -2.03. The van der Waals surface area contributed by atoms with Crippen molar-refractivity contribution >= 4 is 10.9 Å². The Morgan fingerprint density at radius 2 is 1.90 bits per heavy atom. The fourth-order valence-corrected chi connectivity index (χ4v) is 2.23. The smallest absolute Gasteiger partial charge is 0.193 e. The number of benzene rings is 2. The molecule has 1 aromatic heterocycles. The predicted molar refractivity (Wildman–Crippen MR) is 81.9 cm³/mol. The van der Waals surface area contributed by atoms with E-state index in [1.165, 1.54) is 6.07 Å². The second kappa shape index (κ2) is 5.71. The molecule has 4 nitrogen and oxygen atoms in total. The summed E-state index contributed by atoms with van der Waals surface area (Å²) in [6.45, 7) is 0.465. The Kier molecular flexibility index (Phi) is 3.60. The molecule has 0 saturated carbocycles. The Morgan fingerprint density at radius 1 is 1.10 bits per heavy atom. The standard InChI is InChI=1S/C17H15NO3/c1-20-16-10-13(21-11-12-5-3-2-4-6-12)9-14-17(16)15(19)7-8-18-14/h2-10H,11H2,1H3,(H,18,19). The van der Waals surface area contributed by atoms with E-state index in [1.54, 1.807) is 19.4 Å². The van der Waals surface area contributed by atoms with Crippen LogP contribution in [0.3, 0.4) is 0 Å². The second-order valence-electron chi connectivity index (χ2n) is 4.66. The van der Waals surface area contributed by atoms with Crippen LogP contribution in [-0.2, 0) is 6.61 Å². The highest BCUT2D eigenvalue weighted by Gasteiger charge is 2.09. The average molecular weight is 281 g/mol. The molecule has 0 unspecified atom stereocenters. The fourth-order valence-electron chi connectivity index (χ4n) is 2.23. The van der Waals surface area contributed by atoms with Gasteiger partial charge in [0.05, 0.1) is 18.0 Å². The van der Waals surface area contributed by atoms with Crippen molar-refractivity contribution in [2.75, 3.05) is 7.11 Å². The third-order valence-electron chi connectivity index (χ3n) is 3.26. The zero-order valence-electron chi connectivity index (χ0n) is 11.6. The molecule has 0 aliphatic heterocycles. The number of H-pyrrole nitrogens is 1. The number of aromatic nitrogens is 1. The minimum absolute atomic E-state index is 0.0739. The second-order valence-corrected chi connectivity index (χ2v) is 4.66. The Hall–Kier alpha value is -2.75. The van der Waals surface area contributed by atoms with Crippen molar-refractivity contribution in [2.24, 2.45) is 0 Å². The first kappa shape index (κ1) is 13.2. The lowest BCUT2D eigenvalue weighted by Gasteiger charge is -2.10. The molecule has 106 valence electrons. The van der Waals surface area contributed by atoms with Crippen LogP contribution in [-0.4, -0.2) is 12.1 Å². The van der Waals surface area contributed by atoms with Crippen molar-refractivity contribution in [1.82, 2.24) is 4.98 Å². The third kappa shape index (κ3) is 2.74. The lowest BCUT2D eigenvalue weighted by atomic mass is 10.2. The fraction of sp³-hybridized carbons (Fsp3) is 0.118. The van der Waals surface area contributed by atoms with Gasteiger partial charge in [0.15, 0.2) is 5.43 Å². The Labute approximate surface area is 122 Å². The summed E-state index contributed by atoms with van der Waals surface area (Å²) in [7, 11) is 1.54. The minimum atomic E-state index is -0.0739. The summed E-state index contributed by atoms with van der Waals surface area (Å²) in [5, 5.41) is 0.534. The van der Waals surface area contributed by atoms with Gasteiger partial charge in [-0.2, -0.15) is 0 Å². The van der Waals surface area contributed by atoms with Crippen molar-refractivity contribution in [2.45, 2.75) is 6.61 Å². The number of methoxy groups -OCH3 is 1. The Balaban J connectivity index is 1.95. The predicted octanol–water partition coefficient (Wildman–Crippen LogP) is 3.12. The molecule has 0 radical (unpaired) electrons. The summed E-state index contributed by atoms with van der Waals surface area (Å²) in [4.78, 5) is 15.0. The number of pyridine rings is 1. The van der Waals surface area contributed by atoms with Crippen LogP contribution in [0.5, 0.6) is 11.5 Å². The van der Waals surface area contributed by atoms with E-state index in [-0.39, 0.29) is 5.43 Å². The largest absolute Gasteiger partial charge is 0.496 e. The summed E-state index contributed by atoms with van der Waals surface area (Å²) in [5.74, 6) is 1.17. The van der Waals surface area contributed by atoms with Crippen molar-refractivity contribution in [3.05, 3.63) is 70.5 Å². The van der Waals surface area contributed by atoms with Gasteiger partial charge in [0, 0.05) is 24.4 Å². The molecule has 21 heavy (non-hydrogen) atoms. The molecular weight excluding hydrogens is 266 g/mol. The van der Waals surface area contributed by atoms with Crippen molar-refractivity contribution < 1.29 is 9.47 Å². The first-order valence-electron chi connectivity index (χ1n) is 6.64. The van der Waals surface area contributed by atoms with Crippen LogP contribution >= 0.6 is 0 Å². The topological polar surface area (TPSA) is 51.3 Å². The van der Waals surface area contributed by atoms with Gasteiger partial charge in [-0.05, 0) is 5.56 Å². The van der Waals surface area contributed by atoms with Crippen LogP contribution in [0, 0.1) is 0 Å². The van der Waals surface area contributed by atoms with Crippen molar-refractivity contribution in [3.8, 4) is 11.5 Å². The quantitative estimate of drug-likeness (QED) is 0.799. The normalized spacial score (nSPS) is 10.5. The number of hydrogen-bond donors (Lipinski definition) is 1. The highest BCUT2D eigenvalue weighted by Crippen LogP contribution is 2.28. The number of rotatable bonds is 4. The van der Waals surface area contributed by atoms with Gasteiger partial charge in [0.25, 0.3) is 0 Å². The molecular formula is C17H15NO3. The molecule has 3 aromatic rings. The van der Waals surface area contributed by atoms with E-state index >= 15 is 0 Å². The van der Waals surface area contributed by atoms with Gasteiger partial charge in [0.1, 0.15) is 18.1 Å². The molecule has 0 fully saturated rings. The molecule has 0 bridgehead atoms. The summed E-state index contributed by atoms with van der Waals surface area (Å²) >= 11 is 0. The van der Waals surface area contributed by atoms with Crippen LogP contribution in [0.4, 0.5) is 0 Å². The van der Waals surface area contributed by atoms with Crippen LogP contribution in [0.25, 0.3) is 10.9 Å². The van der Waals surface area contributed by atoms with Crippen molar-refractivity contribution in [1.29, 1.82) is 0 Å². The molecule has 0 atom stereocenters. The van der Waals surface area contributed by atoms with Gasteiger partial charge in [0.2, 0.25) is 0 Å². The molecule has 1 N–H and O–H groups in total. The van der Waals surface area contributed by atoms with E-state index in [2.05, 4.69) is 4.98 Å². The number of aromatic amines is 1. The first-order valence-corrected chi connectivity index (χ1v) is 6.64. The third-order valence-corrected chi connectivity index (χ3v) is 3.26. The minimum Gasteiger partial charge on any atom is -0.496 e. The monoisotopic (exact) mass is 281 g/mol. The number of nitrogens with one attached hydrogen (secondary N) is 1. The van der Waals surface area contributed by atoms with E-state index in [9.17, 15) is 4.79 Å². The highest BCUT2D eigenvalue weighted by molar-refractivity contribution is 5.86. The van der Waals surface area contributed by atoms with Crippen LogP contribution < -0.4 is 14.9 Å². The lowest BCUT2D eigenvalue weighted by molar-refractivity contribution is 0.304. The number of hydrogen-bond acceptors (Lipinski definition) is 3. The number of ether oxygens (including phenoxy) is 2. The maximum absolute atomic E-state index is 11.9. The van der Waals surface area contributed by atoms with Gasteiger partial charge in [-0.15, -0.1) is 0 Å². The van der Waals surface area contributed by atoms with Gasteiger partial charge >= 0.3 is 0 Å². The zero-order valence-corrected chi connectivity index (χ0v) is 11.6. The first-order chi connectivity index (χ1) is 10.3. The van der Waals surface area contributed by atoms with Gasteiger partial charge in [-0.3, -0.25) is 4.79 Å². The maximum Gasteiger partial charge on any atom is 0.193 e. The molecule has 0 saturated heterocycles. The molecule has 4 heteroatoms. The van der Waals surface area contributed by atoms with Gasteiger partial charge in [-0.1, -0.05) is 30.3 Å². The molecule has 1 heterocycles. The molecule has 0 aliphatic rings. The molecule has 0 aliphatic carbocycles. The van der Waals surface area contributed by atoms with Crippen LogP contribution in [0.15, 0.2) is 59.5 Å².